The molecule has 2 heterocycles. The summed E-state index contributed by atoms with van der Waals surface area (Å²) in [5.74, 6) is 2.40. The van der Waals surface area contributed by atoms with E-state index >= 15 is 0 Å². The number of methoxy groups -OCH3 is 3. The molecule has 1 saturated heterocycles. The molecule has 1 aromatic heterocycles. The van der Waals surface area contributed by atoms with Crippen LogP contribution in [0.1, 0.15) is 49.0 Å². The normalized spacial score (nSPS) is 21.4. The zero-order valence-corrected chi connectivity index (χ0v) is 18.1. The predicted octanol–water partition coefficient (Wildman–Crippen LogP) is 4.63. The Hall–Kier alpha value is -2.28. The van der Waals surface area contributed by atoms with Gasteiger partial charge in [-0.25, -0.2) is 4.98 Å². The Kier molecular flexibility index (Phi) is 5.94. The smallest absolute Gasteiger partial charge is 0.273 e. The molecule has 2 unspecified atom stereocenters. The lowest BCUT2D eigenvalue weighted by atomic mass is 9.78. The molecule has 7 heteroatoms. The Morgan fingerprint density at radius 1 is 1.03 bits per heavy atom. The van der Waals surface area contributed by atoms with Gasteiger partial charge in [0.1, 0.15) is 10.7 Å². The number of piperidine rings is 1. The maximum Gasteiger partial charge on any atom is 0.273 e. The van der Waals surface area contributed by atoms with Crippen LogP contribution in [0.25, 0.3) is 10.6 Å². The number of likely N-dealkylation sites (tertiary alicyclic amines) is 1. The summed E-state index contributed by atoms with van der Waals surface area (Å²) in [7, 11) is 4.77. The number of carbonyl (C=O) groups excluding carboxylic acids is 1. The van der Waals surface area contributed by atoms with Gasteiger partial charge in [-0.3, -0.25) is 4.79 Å². The van der Waals surface area contributed by atoms with Crippen molar-refractivity contribution in [2.24, 2.45) is 5.92 Å². The van der Waals surface area contributed by atoms with Crippen LogP contribution < -0.4 is 14.2 Å². The Morgan fingerprint density at radius 2 is 1.79 bits per heavy atom. The minimum atomic E-state index is 0.0588. The van der Waals surface area contributed by atoms with Crippen molar-refractivity contribution in [3.63, 3.8) is 0 Å². The largest absolute Gasteiger partial charge is 0.493 e. The summed E-state index contributed by atoms with van der Waals surface area (Å²) < 4.78 is 16.4. The van der Waals surface area contributed by atoms with Crippen LogP contribution in [-0.2, 0) is 0 Å². The molecule has 2 aromatic rings. The number of rotatable bonds is 5. The van der Waals surface area contributed by atoms with Crippen molar-refractivity contribution < 1.29 is 19.0 Å². The first-order valence-electron chi connectivity index (χ1n) is 10.2. The van der Waals surface area contributed by atoms with Gasteiger partial charge in [-0.15, -0.1) is 11.3 Å². The first-order valence-corrected chi connectivity index (χ1v) is 11.1. The van der Waals surface area contributed by atoms with Crippen molar-refractivity contribution in [2.45, 2.75) is 44.6 Å². The minimum absolute atomic E-state index is 0.0588. The average molecular weight is 417 g/mol. The van der Waals surface area contributed by atoms with E-state index in [4.69, 9.17) is 14.2 Å². The molecule has 0 N–H and O–H groups in total. The van der Waals surface area contributed by atoms with Gasteiger partial charge in [-0.1, -0.05) is 12.8 Å². The van der Waals surface area contributed by atoms with Gasteiger partial charge in [0.2, 0.25) is 5.75 Å². The predicted molar refractivity (Wildman–Crippen MR) is 113 cm³/mol. The molecule has 1 amide bonds. The van der Waals surface area contributed by atoms with E-state index in [2.05, 4.69) is 9.88 Å². The van der Waals surface area contributed by atoms with Crippen molar-refractivity contribution in [2.75, 3.05) is 27.9 Å². The summed E-state index contributed by atoms with van der Waals surface area (Å²) in [6, 6.07) is 4.10. The molecule has 2 aliphatic rings. The third kappa shape index (κ3) is 3.68. The minimum Gasteiger partial charge on any atom is -0.493 e. The number of carbonyl (C=O) groups is 1. The highest BCUT2D eigenvalue weighted by Gasteiger charge is 2.36. The van der Waals surface area contributed by atoms with Gasteiger partial charge < -0.3 is 19.1 Å². The van der Waals surface area contributed by atoms with Crippen LogP contribution in [0.5, 0.6) is 17.2 Å². The Morgan fingerprint density at radius 3 is 2.55 bits per heavy atom. The lowest BCUT2D eigenvalue weighted by Gasteiger charge is -2.43. The summed E-state index contributed by atoms with van der Waals surface area (Å²) in [5.41, 5.74) is 1.32. The number of ether oxygens (including phenoxy) is 3. The van der Waals surface area contributed by atoms with Crippen molar-refractivity contribution in [3.05, 3.63) is 23.2 Å². The van der Waals surface area contributed by atoms with E-state index in [9.17, 15) is 4.79 Å². The lowest BCUT2D eigenvalue weighted by Crippen LogP contribution is -2.49. The van der Waals surface area contributed by atoms with Gasteiger partial charge in [0.15, 0.2) is 11.5 Å². The van der Waals surface area contributed by atoms with Gasteiger partial charge in [0.25, 0.3) is 5.91 Å². The van der Waals surface area contributed by atoms with Gasteiger partial charge in [-0.2, -0.15) is 0 Å². The molecule has 1 aromatic carbocycles. The fourth-order valence-corrected chi connectivity index (χ4v) is 5.60. The number of fused-ring (bicyclic) bond motifs is 1. The third-order valence-corrected chi connectivity index (χ3v) is 7.04. The van der Waals surface area contributed by atoms with Crippen LogP contribution >= 0.6 is 11.3 Å². The Labute approximate surface area is 175 Å². The Bertz CT molecular complexity index is 880. The van der Waals surface area contributed by atoms with Crippen molar-refractivity contribution in [1.82, 2.24) is 9.88 Å². The number of hydrogen-bond donors (Lipinski definition) is 0. The molecule has 156 valence electrons. The van der Waals surface area contributed by atoms with E-state index in [0.29, 0.717) is 34.9 Å². The molecule has 1 aliphatic heterocycles. The fourth-order valence-electron chi connectivity index (χ4n) is 4.79. The zero-order valence-electron chi connectivity index (χ0n) is 17.3. The molecule has 1 aliphatic carbocycles. The molecular formula is C22H28N2O4S. The van der Waals surface area contributed by atoms with Crippen LogP contribution in [0.4, 0.5) is 0 Å². The van der Waals surface area contributed by atoms with Gasteiger partial charge in [0.05, 0.1) is 26.9 Å². The molecular weight excluding hydrogens is 388 g/mol. The Balaban J connectivity index is 1.62. The molecule has 0 bridgehead atoms. The fraction of sp³-hybridized carbons (Fsp3) is 0.545. The second-order valence-corrected chi connectivity index (χ2v) is 8.53. The molecule has 1 saturated carbocycles. The highest BCUT2D eigenvalue weighted by Crippen LogP contribution is 2.45. The maximum absolute atomic E-state index is 13.3. The highest BCUT2D eigenvalue weighted by molar-refractivity contribution is 7.13. The highest BCUT2D eigenvalue weighted by atomic mass is 32.1. The third-order valence-electron chi connectivity index (χ3n) is 6.16. The van der Waals surface area contributed by atoms with E-state index in [0.717, 1.165) is 30.0 Å². The first-order chi connectivity index (χ1) is 14.2. The quantitative estimate of drug-likeness (QED) is 0.711. The van der Waals surface area contributed by atoms with Crippen molar-refractivity contribution >= 4 is 17.2 Å². The average Bonchev–Trinajstić information content (AvgIpc) is 3.27. The molecule has 6 nitrogen and oxygen atoms in total. The SMILES string of the molecule is COc1ccc(-c2nc(C(=O)N3CCCC4CCCCC43)cs2)c(OC)c1OC. The molecule has 29 heavy (non-hydrogen) atoms. The van der Waals surface area contributed by atoms with Crippen LogP contribution in [-0.4, -0.2) is 49.7 Å². The first kappa shape index (κ1) is 20.0. The number of nitrogens with zero attached hydrogens (tertiary/aromatic N) is 2. The molecule has 4 rings (SSSR count). The number of amides is 1. The van der Waals surface area contributed by atoms with E-state index in [1.807, 2.05) is 17.5 Å². The summed E-state index contributed by atoms with van der Waals surface area (Å²) in [5, 5.41) is 2.60. The van der Waals surface area contributed by atoms with Crippen LogP contribution in [0.2, 0.25) is 0 Å². The second-order valence-electron chi connectivity index (χ2n) is 7.67. The van der Waals surface area contributed by atoms with Crippen molar-refractivity contribution in [3.8, 4) is 27.8 Å². The van der Waals surface area contributed by atoms with Crippen LogP contribution in [0.3, 0.4) is 0 Å². The van der Waals surface area contributed by atoms with Crippen LogP contribution in [0.15, 0.2) is 17.5 Å². The van der Waals surface area contributed by atoms with Gasteiger partial charge >= 0.3 is 0 Å². The van der Waals surface area contributed by atoms with E-state index in [1.54, 1.807) is 21.3 Å². The summed E-state index contributed by atoms with van der Waals surface area (Å²) in [6.07, 6.45) is 7.22. The maximum atomic E-state index is 13.3. The molecule has 0 radical (unpaired) electrons. The van der Waals surface area contributed by atoms with Crippen LogP contribution in [0, 0.1) is 5.92 Å². The summed E-state index contributed by atoms with van der Waals surface area (Å²) in [4.78, 5) is 20.0. The molecule has 0 spiro atoms. The number of aromatic nitrogens is 1. The summed E-state index contributed by atoms with van der Waals surface area (Å²) >= 11 is 1.45. The van der Waals surface area contributed by atoms with E-state index < -0.39 is 0 Å². The topological polar surface area (TPSA) is 60.9 Å². The standard InChI is InChI=1S/C22H28N2O4S/c1-26-18-11-10-15(19(27-2)20(18)28-3)21-23-16(13-29-21)22(25)24-12-6-8-14-7-4-5-9-17(14)24/h10-11,13-14,17H,4-9,12H2,1-3H3. The second kappa shape index (κ2) is 8.61. The van der Waals surface area contributed by atoms with Gasteiger partial charge in [0, 0.05) is 18.0 Å². The number of benzene rings is 1. The monoisotopic (exact) mass is 416 g/mol. The van der Waals surface area contributed by atoms with E-state index in [1.165, 1.54) is 37.0 Å². The number of thiazole rings is 1. The molecule has 2 atom stereocenters. The number of hydrogen-bond acceptors (Lipinski definition) is 6. The molecule has 2 fully saturated rings. The summed E-state index contributed by atoms with van der Waals surface area (Å²) in [6.45, 7) is 0.840. The zero-order chi connectivity index (χ0) is 20.4. The van der Waals surface area contributed by atoms with Gasteiger partial charge in [-0.05, 0) is 43.7 Å². The van der Waals surface area contributed by atoms with Crippen molar-refractivity contribution in [1.29, 1.82) is 0 Å². The lowest BCUT2D eigenvalue weighted by molar-refractivity contribution is 0.0386. The van der Waals surface area contributed by atoms with E-state index in [-0.39, 0.29) is 5.91 Å².